The van der Waals surface area contributed by atoms with Gasteiger partial charge in [0.15, 0.2) is 0 Å². The van der Waals surface area contributed by atoms with Gasteiger partial charge in [0.05, 0.1) is 0 Å². The summed E-state index contributed by atoms with van der Waals surface area (Å²) in [5.74, 6) is 0.0132. The number of anilines is 1. The maximum Gasteiger partial charge on any atom is 0.321 e. The fourth-order valence-corrected chi connectivity index (χ4v) is 2.49. The largest absolute Gasteiger partial charge is 0.417 e. The second-order valence-electron chi connectivity index (χ2n) is 5.34. The average molecular weight is 350 g/mol. The topological polar surface area (TPSA) is 91.6 Å². The molecule has 3 rings (SSSR count). The van der Waals surface area contributed by atoms with Crippen LogP contribution < -0.4 is 5.32 Å². The van der Waals surface area contributed by atoms with Gasteiger partial charge in [0.25, 0.3) is 0 Å². The molecule has 1 saturated heterocycles. The van der Waals surface area contributed by atoms with Gasteiger partial charge in [0.2, 0.25) is 5.89 Å². The first kappa shape index (κ1) is 16.3. The van der Waals surface area contributed by atoms with Crippen LogP contribution in [0.4, 0.5) is 10.5 Å². The molecule has 1 aliphatic heterocycles. The zero-order valence-electron chi connectivity index (χ0n) is 13.0. The standard InChI is InChI=1S/C15H16ClN5O3/c1-10-18-19-13(24-10)14(22)20-6-8-21(9-7-20)15(23)17-12-4-2-11(16)3-5-12/h2-5H,6-9H2,1H3,(H,17,23). The van der Waals surface area contributed by atoms with Crippen LogP contribution in [0.3, 0.4) is 0 Å². The van der Waals surface area contributed by atoms with E-state index in [4.69, 9.17) is 16.0 Å². The third-order valence-corrected chi connectivity index (χ3v) is 3.91. The van der Waals surface area contributed by atoms with E-state index in [-0.39, 0.29) is 17.8 Å². The molecule has 0 spiro atoms. The van der Waals surface area contributed by atoms with E-state index < -0.39 is 0 Å². The molecule has 3 amide bonds. The smallest absolute Gasteiger partial charge is 0.321 e. The number of rotatable bonds is 2. The van der Waals surface area contributed by atoms with E-state index in [1.165, 1.54) is 0 Å². The number of hydrogen-bond donors (Lipinski definition) is 1. The summed E-state index contributed by atoms with van der Waals surface area (Å²) in [5.41, 5.74) is 0.671. The summed E-state index contributed by atoms with van der Waals surface area (Å²) in [6.45, 7) is 3.31. The minimum absolute atomic E-state index is 0.0217. The number of nitrogens with one attached hydrogen (secondary N) is 1. The van der Waals surface area contributed by atoms with Crippen molar-refractivity contribution in [2.75, 3.05) is 31.5 Å². The van der Waals surface area contributed by atoms with Gasteiger partial charge in [-0.3, -0.25) is 4.79 Å². The fraction of sp³-hybridized carbons (Fsp3) is 0.333. The van der Waals surface area contributed by atoms with Crippen LogP contribution in [0, 0.1) is 6.92 Å². The fourth-order valence-electron chi connectivity index (χ4n) is 2.37. The molecule has 24 heavy (non-hydrogen) atoms. The summed E-state index contributed by atoms with van der Waals surface area (Å²) < 4.78 is 5.14. The molecule has 1 N–H and O–H groups in total. The molecular formula is C15H16ClN5O3. The lowest BCUT2D eigenvalue weighted by Gasteiger charge is -2.34. The van der Waals surface area contributed by atoms with Gasteiger partial charge in [-0.05, 0) is 24.3 Å². The molecule has 2 aromatic rings. The van der Waals surface area contributed by atoms with Gasteiger partial charge in [0.1, 0.15) is 0 Å². The van der Waals surface area contributed by atoms with Crippen molar-refractivity contribution in [2.24, 2.45) is 0 Å². The summed E-state index contributed by atoms with van der Waals surface area (Å²) in [4.78, 5) is 27.7. The van der Waals surface area contributed by atoms with Crippen molar-refractivity contribution in [3.8, 4) is 0 Å². The Morgan fingerprint density at radius 2 is 1.71 bits per heavy atom. The van der Waals surface area contributed by atoms with Crippen LogP contribution >= 0.6 is 11.6 Å². The zero-order valence-corrected chi connectivity index (χ0v) is 13.8. The highest BCUT2D eigenvalue weighted by molar-refractivity contribution is 6.30. The van der Waals surface area contributed by atoms with Gasteiger partial charge in [-0.25, -0.2) is 4.79 Å². The van der Waals surface area contributed by atoms with Gasteiger partial charge in [-0.1, -0.05) is 11.6 Å². The predicted octanol–water partition coefficient (Wildman–Crippen LogP) is 2.02. The highest BCUT2D eigenvalue weighted by Crippen LogP contribution is 2.15. The molecule has 0 bridgehead atoms. The van der Waals surface area contributed by atoms with Crippen molar-refractivity contribution in [1.82, 2.24) is 20.0 Å². The lowest BCUT2D eigenvalue weighted by Crippen LogP contribution is -2.51. The number of aromatic nitrogens is 2. The molecule has 0 saturated carbocycles. The van der Waals surface area contributed by atoms with Crippen LogP contribution in [-0.4, -0.2) is 58.1 Å². The van der Waals surface area contributed by atoms with E-state index in [0.717, 1.165) is 0 Å². The lowest BCUT2D eigenvalue weighted by molar-refractivity contribution is 0.0631. The maximum absolute atomic E-state index is 12.2. The molecular weight excluding hydrogens is 334 g/mol. The summed E-state index contributed by atoms with van der Waals surface area (Å²) in [6, 6.07) is 6.67. The first-order valence-corrected chi connectivity index (χ1v) is 7.81. The van der Waals surface area contributed by atoms with Crippen molar-refractivity contribution in [3.05, 3.63) is 41.1 Å². The Balaban J connectivity index is 1.53. The molecule has 1 aromatic heterocycles. The maximum atomic E-state index is 12.2. The molecule has 1 aliphatic rings. The highest BCUT2D eigenvalue weighted by atomic mass is 35.5. The number of piperazine rings is 1. The number of benzene rings is 1. The number of hydrogen-bond acceptors (Lipinski definition) is 5. The van der Waals surface area contributed by atoms with Crippen molar-refractivity contribution in [1.29, 1.82) is 0 Å². The molecule has 0 aliphatic carbocycles. The van der Waals surface area contributed by atoms with E-state index >= 15 is 0 Å². The molecule has 8 nitrogen and oxygen atoms in total. The van der Waals surface area contributed by atoms with Crippen molar-refractivity contribution < 1.29 is 14.0 Å². The Bertz CT molecular complexity index is 738. The highest BCUT2D eigenvalue weighted by Gasteiger charge is 2.27. The van der Waals surface area contributed by atoms with Crippen LogP contribution in [0.1, 0.15) is 16.6 Å². The monoisotopic (exact) mass is 349 g/mol. The quantitative estimate of drug-likeness (QED) is 0.895. The van der Waals surface area contributed by atoms with Crippen molar-refractivity contribution in [2.45, 2.75) is 6.92 Å². The predicted molar refractivity (Wildman–Crippen MR) is 87.0 cm³/mol. The Hall–Kier alpha value is -2.61. The number of urea groups is 1. The number of nitrogens with zero attached hydrogens (tertiary/aromatic N) is 4. The minimum Gasteiger partial charge on any atom is -0.417 e. The minimum atomic E-state index is -0.312. The molecule has 0 radical (unpaired) electrons. The molecule has 0 unspecified atom stereocenters. The summed E-state index contributed by atoms with van der Waals surface area (Å²) in [7, 11) is 0. The number of carbonyl (C=O) groups excluding carboxylic acids is 2. The van der Waals surface area contributed by atoms with Gasteiger partial charge >= 0.3 is 17.8 Å². The number of amides is 3. The normalized spacial score (nSPS) is 14.6. The molecule has 1 fully saturated rings. The van der Waals surface area contributed by atoms with Crippen molar-refractivity contribution >= 4 is 29.2 Å². The Kier molecular flexibility index (Phi) is 4.66. The number of halogens is 1. The molecule has 0 atom stereocenters. The van der Waals surface area contributed by atoms with Crippen LogP contribution in [-0.2, 0) is 0 Å². The molecule has 9 heteroatoms. The van der Waals surface area contributed by atoms with Crippen LogP contribution in [0.15, 0.2) is 28.7 Å². The lowest BCUT2D eigenvalue weighted by atomic mass is 10.3. The van der Waals surface area contributed by atoms with Crippen LogP contribution in [0.2, 0.25) is 5.02 Å². The Morgan fingerprint density at radius 3 is 2.29 bits per heavy atom. The zero-order chi connectivity index (χ0) is 17.1. The molecule has 126 valence electrons. The van der Waals surface area contributed by atoms with E-state index in [1.807, 2.05) is 0 Å². The van der Waals surface area contributed by atoms with Gasteiger partial charge in [0, 0.05) is 43.8 Å². The first-order valence-electron chi connectivity index (χ1n) is 7.44. The van der Waals surface area contributed by atoms with Crippen LogP contribution in [0.25, 0.3) is 0 Å². The number of aryl methyl sites for hydroxylation is 1. The van der Waals surface area contributed by atoms with Crippen LogP contribution in [0.5, 0.6) is 0 Å². The second kappa shape index (κ2) is 6.88. The SMILES string of the molecule is Cc1nnc(C(=O)N2CCN(C(=O)Nc3ccc(Cl)cc3)CC2)o1. The van der Waals surface area contributed by atoms with Gasteiger partial charge < -0.3 is 19.5 Å². The third-order valence-electron chi connectivity index (χ3n) is 3.66. The van der Waals surface area contributed by atoms with E-state index in [0.29, 0.717) is 42.8 Å². The Morgan fingerprint density at radius 1 is 1.08 bits per heavy atom. The second-order valence-corrected chi connectivity index (χ2v) is 5.78. The average Bonchev–Trinajstić information content (AvgIpc) is 3.03. The summed E-state index contributed by atoms with van der Waals surface area (Å²) in [6.07, 6.45) is 0. The summed E-state index contributed by atoms with van der Waals surface area (Å²) >= 11 is 5.82. The third kappa shape index (κ3) is 3.65. The number of carbonyl (C=O) groups is 2. The summed E-state index contributed by atoms with van der Waals surface area (Å²) in [5, 5.41) is 10.8. The van der Waals surface area contributed by atoms with E-state index in [2.05, 4.69) is 15.5 Å². The molecule has 2 heterocycles. The first-order chi connectivity index (χ1) is 11.5. The van der Waals surface area contributed by atoms with Gasteiger partial charge in [-0.15, -0.1) is 10.2 Å². The van der Waals surface area contributed by atoms with Gasteiger partial charge in [-0.2, -0.15) is 0 Å². The van der Waals surface area contributed by atoms with E-state index in [1.54, 1.807) is 41.0 Å². The van der Waals surface area contributed by atoms with Crippen molar-refractivity contribution in [3.63, 3.8) is 0 Å². The van der Waals surface area contributed by atoms with E-state index in [9.17, 15) is 9.59 Å². The molecule has 1 aromatic carbocycles. The Labute approximate surface area is 143 Å².